The topological polar surface area (TPSA) is 84.9 Å². The molecule has 0 unspecified atom stereocenters. The Hall–Kier alpha value is -2.08. The number of hydrogen-bond acceptors (Lipinski definition) is 4. The Labute approximate surface area is 122 Å². The molecule has 0 aliphatic carbocycles. The summed E-state index contributed by atoms with van der Waals surface area (Å²) >= 11 is 0. The predicted molar refractivity (Wildman–Crippen MR) is 73.5 cm³/mol. The van der Waals surface area contributed by atoms with Crippen molar-refractivity contribution in [1.29, 1.82) is 0 Å². The number of ether oxygens (including phenoxy) is 2. The van der Waals surface area contributed by atoms with E-state index in [0.29, 0.717) is 25.4 Å². The molecule has 1 aromatic rings. The van der Waals surface area contributed by atoms with Gasteiger partial charge in [0.05, 0.1) is 6.61 Å². The molecule has 1 aromatic carbocycles. The van der Waals surface area contributed by atoms with Crippen LogP contribution in [-0.2, 0) is 16.0 Å². The van der Waals surface area contributed by atoms with Crippen molar-refractivity contribution in [2.24, 2.45) is 0 Å². The van der Waals surface area contributed by atoms with Gasteiger partial charge in [0.15, 0.2) is 0 Å². The second-order valence-corrected chi connectivity index (χ2v) is 5.37. The summed E-state index contributed by atoms with van der Waals surface area (Å²) in [5, 5.41) is 12.1. The molecule has 1 amide bonds. The van der Waals surface area contributed by atoms with Crippen LogP contribution in [0.1, 0.15) is 28.8 Å². The molecule has 0 radical (unpaired) electrons. The third-order valence-corrected chi connectivity index (χ3v) is 4.06. The van der Waals surface area contributed by atoms with E-state index in [1.165, 1.54) is 0 Å². The Morgan fingerprint density at radius 2 is 1.95 bits per heavy atom. The standard InChI is InChI=1S/C15H17NO5/c17-13(11-1-2-12-10(9-11)3-6-21-12)16-15(14(18)19)4-7-20-8-5-15/h1-2,9H,3-8H2,(H,16,17)(H,18,19). The molecule has 2 aliphatic rings. The van der Waals surface area contributed by atoms with E-state index < -0.39 is 11.5 Å². The average Bonchev–Trinajstić information content (AvgIpc) is 2.95. The highest BCUT2D eigenvalue weighted by molar-refractivity contribution is 5.98. The van der Waals surface area contributed by atoms with Crippen molar-refractivity contribution in [2.45, 2.75) is 24.8 Å². The third-order valence-electron chi connectivity index (χ3n) is 4.06. The summed E-state index contributed by atoms with van der Waals surface area (Å²) in [4.78, 5) is 23.9. The van der Waals surface area contributed by atoms with Gasteiger partial charge >= 0.3 is 5.97 Å². The molecule has 0 bridgehead atoms. The molecule has 2 heterocycles. The molecule has 6 heteroatoms. The number of carboxylic acid groups (broad SMARTS) is 1. The molecular weight excluding hydrogens is 274 g/mol. The van der Waals surface area contributed by atoms with Gasteiger partial charge in [-0.1, -0.05) is 0 Å². The van der Waals surface area contributed by atoms with Gasteiger partial charge in [-0.25, -0.2) is 4.79 Å². The average molecular weight is 291 g/mol. The van der Waals surface area contributed by atoms with Gasteiger partial charge in [-0.2, -0.15) is 0 Å². The van der Waals surface area contributed by atoms with Crippen LogP contribution in [-0.4, -0.2) is 42.3 Å². The first kappa shape index (κ1) is 13.9. The van der Waals surface area contributed by atoms with E-state index >= 15 is 0 Å². The van der Waals surface area contributed by atoms with Crippen molar-refractivity contribution in [1.82, 2.24) is 5.32 Å². The molecule has 1 fully saturated rings. The fourth-order valence-corrected chi connectivity index (χ4v) is 2.73. The molecule has 0 saturated carbocycles. The summed E-state index contributed by atoms with van der Waals surface area (Å²) in [5.74, 6) is -0.580. The van der Waals surface area contributed by atoms with Crippen molar-refractivity contribution in [3.63, 3.8) is 0 Å². The number of fused-ring (bicyclic) bond motifs is 1. The molecule has 6 nitrogen and oxygen atoms in total. The number of carbonyl (C=O) groups excluding carboxylic acids is 1. The molecule has 0 aromatic heterocycles. The molecule has 21 heavy (non-hydrogen) atoms. The first-order chi connectivity index (χ1) is 10.1. The van der Waals surface area contributed by atoms with Crippen LogP contribution in [0.3, 0.4) is 0 Å². The van der Waals surface area contributed by atoms with Crippen molar-refractivity contribution < 1.29 is 24.2 Å². The van der Waals surface area contributed by atoms with Gasteiger partial charge < -0.3 is 19.9 Å². The van der Waals surface area contributed by atoms with Gasteiger partial charge in [0, 0.05) is 38.0 Å². The van der Waals surface area contributed by atoms with Crippen molar-refractivity contribution in [3.8, 4) is 5.75 Å². The lowest BCUT2D eigenvalue weighted by Gasteiger charge is -2.33. The number of benzene rings is 1. The normalized spacial score (nSPS) is 19.4. The number of amides is 1. The van der Waals surface area contributed by atoms with E-state index in [4.69, 9.17) is 9.47 Å². The summed E-state index contributed by atoms with van der Waals surface area (Å²) < 4.78 is 10.6. The second kappa shape index (κ2) is 5.37. The largest absolute Gasteiger partial charge is 0.493 e. The zero-order valence-corrected chi connectivity index (χ0v) is 11.6. The van der Waals surface area contributed by atoms with E-state index in [0.717, 1.165) is 17.7 Å². The first-order valence-corrected chi connectivity index (χ1v) is 7.00. The number of aliphatic carboxylic acids is 1. The quantitative estimate of drug-likeness (QED) is 0.867. The first-order valence-electron chi connectivity index (χ1n) is 7.00. The van der Waals surface area contributed by atoms with Crippen LogP contribution in [0.4, 0.5) is 0 Å². The Kier molecular flexibility index (Phi) is 3.55. The number of rotatable bonds is 3. The monoisotopic (exact) mass is 291 g/mol. The number of carbonyl (C=O) groups is 2. The predicted octanol–water partition coefficient (Wildman–Crippen LogP) is 0.985. The number of hydrogen-bond donors (Lipinski definition) is 2. The van der Waals surface area contributed by atoms with E-state index in [2.05, 4.69) is 5.32 Å². The summed E-state index contributed by atoms with van der Waals surface area (Å²) in [6.45, 7) is 1.30. The SMILES string of the molecule is O=C(NC1(C(=O)O)CCOCC1)c1ccc2c(c1)CCO2. The van der Waals surface area contributed by atoms with Gasteiger partial charge in [-0.05, 0) is 23.8 Å². The minimum absolute atomic E-state index is 0.280. The lowest BCUT2D eigenvalue weighted by atomic mass is 9.89. The molecule has 0 atom stereocenters. The van der Waals surface area contributed by atoms with Crippen LogP contribution < -0.4 is 10.1 Å². The van der Waals surface area contributed by atoms with Crippen molar-refractivity contribution in [3.05, 3.63) is 29.3 Å². The Morgan fingerprint density at radius 3 is 2.67 bits per heavy atom. The fraction of sp³-hybridized carbons (Fsp3) is 0.467. The summed E-state index contributed by atoms with van der Waals surface area (Å²) in [7, 11) is 0. The van der Waals surface area contributed by atoms with Gasteiger partial charge in [0.1, 0.15) is 11.3 Å². The molecule has 2 N–H and O–H groups in total. The van der Waals surface area contributed by atoms with E-state index in [1.807, 2.05) is 0 Å². The van der Waals surface area contributed by atoms with Crippen LogP contribution in [0.5, 0.6) is 5.75 Å². The van der Waals surface area contributed by atoms with Gasteiger partial charge in [0.2, 0.25) is 0 Å². The van der Waals surface area contributed by atoms with Crippen molar-refractivity contribution in [2.75, 3.05) is 19.8 Å². The van der Waals surface area contributed by atoms with Crippen LogP contribution in [0.2, 0.25) is 0 Å². The highest BCUT2D eigenvalue weighted by Gasteiger charge is 2.41. The van der Waals surface area contributed by atoms with Crippen LogP contribution in [0.25, 0.3) is 0 Å². The van der Waals surface area contributed by atoms with Crippen LogP contribution >= 0.6 is 0 Å². The minimum atomic E-state index is -1.23. The molecule has 3 rings (SSSR count). The summed E-state index contributed by atoms with van der Waals surface area (Å²) in [6.07, 6.45) is 1.33. The fourth-order valence-electron chi connectivity index (χ4n) is 2.73. The van der Waals surface area contributed by atoms with E-state index in [1.54, 1.807) is 18.2 Å². The summed E-state index contributed by atoms with van der Waals surface area (Å²) in [5.41, 5.74) is 0.218. The van der Waals surface area contributed by atoms with Crippen molar-refractivity contribution >= 4 is 11.9 Å². The van der Waals surface area contributed by atoms with Gasteiger partial charge in [0.25, 0.3) is 5.91 Å². The lowest BCUT2D eigenvalue weighted by molar-refractivity contribution is -0.148. The number of nitrogens with one attached hydrogen (secondary N) is 1. The van der Waals surface area contributed by atoms with Gasteiger partial charge in [-0.3, -0.25) is 4.79 Å². The third kappa shape index (κ3) is 2.58. The summed E-state index contributed by atoms with van der Waals surface area (Å²) in [6, 6.07) is 5.19. The molecule has 2 aliphatic heterocycles. The highest BCUT2D eigenvalue weighted by atomic mass is 16.5. The lowest BCUT2D eigenvalue weighted by Crippen LogP contribution is -2.57. The second-order valence-electron chi connectivity index (χ2n) is 5.37. The smallest absolute Gasteiger partial charge is 0.329 e. The Morgan fingerprint density at radius 1 is 1.19 bits per heavy atom. The maximum atomic E-state index is 12.4. The molecule has 112 valence electrons. The molecule has 0 spiro atoms. The minimum Gasteiger partial charge on any atom is -0.493 e. The van der Waals surface area contributed by atoms with Crippen LogP contribution in [0.15, 0.2) is 18.2 Å². The zero-order chi connectivity index (χ0) is 14.9. The van der Waals surface area contributed by atoms with Crippen LogP contribution in [0, 0.1) is 0 Å². The molecular formula is C15H17NO5. The number of carboxylic acids is 1. The molecule has 1 saturated heterocycles. The Bertz CT molecular complexity index is 577. The Balaban J connectivity index is 1.80. The zero-order valence-electron chi connectivity index (χ0n) is 11.6. The van der Waals surface area contributed by atoms with Gasteiger partial charge in [-0.15, -0.1) is 0 Å². The van der Waals surface area contributed by atoms with E-state index in [9.17, 15) is 14.7 Å². The maximum Gasteiger partial charge on any atom is 0.329 e. The van der Waals surface area contributed by atoms with E-state index in [-0.39, 0.29) is 18.7 Å². The maximum absolute atomic E-state index is 12.4. The highest BCUT2D eigenvalue weighted by Crippen LogP contribution is 2.27.